The van der Waals surface area contributed by atoms with Crippen molar-refractivity contribution in [1.82, 2.24) is 4.98 Å². The zero-order valence-corrected chi connectivity index (χ0v) is 10.8. The molecule has 0 bridgehead atoms. The number of aromatic nitrogens is 1. The summed E-state index contributed by atoms with van der Waals surface area (Å²) in [5.74, 6) is 0. The van der Waals surface area contributed by atoms with E-state index in [0.29, 0.717) is 0 Å². The molecule has 2 aromatic rings. The van der Waals surface area contributed by atoms with E-state index in [-0.39, 0.29) is 0 Å². The van der Waals surface area contributed by atoms with Crippen LogP contribution in [0.1, 0.15) is 5.01 Å². The summed E-state index contributed by atoms with van der Waals surface area (Å²) in [5.41, 5.74) is 1.09. The molecule has 0 unspecified atom stereocenters. The van der Waals surface area contributed by atoms with Gasteiger partial charge in [-0.1, -0.05) is 15.9 Å². The van der Waals surface area contributed by atoms with Crippen molar-refractivity contribution in [3.8, 4) is 0 Å². The lowest BCUT2D eigenvalue weighted by Crippen LogP contribution is -1.73. The van der Waals surface area contributed by atoms with Gasteiger partial charge in [0.15, 0.2) is 0 Å². The molecule has 0 saturated heterocycles. The van der Waals surface area contributed by atoms with Gasteiger partial charge in [0, 0.05) is 8.04 Å². The number of benzene rings is 1. The summed E-state index contributed by atoms with van der Waals surface area (Å²) in [7, 11) is 0. The maximum absolute atomic E-state index is 4.42. The minimum atomic E-state index is 1.09. The SMILES string of the molecule is Cc1nc2cc(Br)cc(I)c2s1. The third-order valence-electron chi connectivity index (χ3n) is 1.52. The third kappa shape index (κ3) is 1.52. The van der Waals surface area contributed by atoms with Gasteiger partial charge in [0.25, 0.3) is 0 Å². The van der Waals surface area contributed by atoms with Crippen LogP contribution in [0.25, 0.3) is 10.2 Å². The van der Waals surface area contributed by atoms with Crippen LogP contribution >= 0.6 is 49.9 Å². The van der Waals surface area contributed by atoms with Crippen LogP contribution in [0.4, 0.5) is 0 Å². The van der Waals surface area contributed by atoms with E-state index in [1.54, 1.807) is 11.3 Å². The Labute approximate surface area is 96.5 Å². The Kier molecular flexibility index (Phi) is 2.39. The highest BCUT2D eigenvalue weighted by Crippen LogP contribution is 2.29. The fourth-order valence-corrected chi connectivity index (χ4v) is 3.69. The highest BCUT2D eigenvalue weighted by molar-refractivity contribution is 14.1. The van der Waals surface area contributed by atoms with Gasteiger partial charge in [0.2, 0.25) is 0 Å². The monoisotopic (exact) mass is 353 g/mol. The number of hydrogen-bond donors (Lipinski definition) is 0. The summed E-state index contributed by atoms with van der Waals surface area (Å²) in [6.45, 7) is 2.04. The van der Waals surface area contributed by atoms with Gasteiger partial charge in [-0.05, 0) is 41.6 Å². The van der Waals surface area contributed by atoms with E-state index < -0.39 is 0 Å². The second-order valence-corrected chi connectivity index (χ2v) is 5.75. The van der Waals surface area contributed by atoms with Crippen LogP contribution in [0, 0.1) is 10.5 Å². The summed E-state index contributed by atoms with van der Waals surface area (Å²) >= 11 is 7.54. The first-order valence-electron chi connectivity index (χ1n) is 3.39. The van der Waals surface area contributed by atoms with E-state index in [2.05, 4.69) is 55.6 Å². The van der Waals surface area contributed by atoms with E-state index in [1.165, 1.54) is 8.27 Å². The number of halogens is 2. The number of thiazole rings is 1. The van der Waals surface area contributed by atoms with Crippen molar-refractivity contribution >= 4 is 60.1 Å². The lowest BCUT2D eigenvalue weighted by atomic mass is 10.3. The Balaban J connectivity index is 2.88. The molecule has 1 aromatic heterocycles. The molecule has 0 radical (unpaired) electrons. The van der Waals surface area contributed by atoms with Gasteiger partial charge in [-0.3, -0.25) is 0 Å². The van der Waals surface area contributed by atoms with Crippen LogP contribution in [-0.2, 0) is 0 Å². The molecule has 0 aliphatic heterocycles. The predicted molar refractivity (Wildman–Crippen MR) is 64.8 cm³/mol. The van der Waals surface area contributed by atoms with Crippen LogP contribution in [0.3, 0.4) is 0 Å². The molecular weight excluding hydrogens is 349 g/mol. The van der Waals surface area contributed by atoms with Crippen molar-refractivity contribution in [2.75, 3.05) is 0 Å². The first-order chi connectivity index (χ1) is 5.66. The summed E-state index contributed by atoms with van der Waals surface area (Å²) in [4.78, 5) is 4.42. The summed E-state index contributed by atoms with van der Waals surface area (Å²) in [5, 5.41) is 1.13. The molecule has 4 heteroatoms. The van der Waals surface area contributed by atoms with Crippen LogP contribution < -0.4 is 0 Å². The maximum atomic E-state index is 4.42. The lowest BCUT2D eigenvalue weighted by molar-refractivity contribution is 1.34. The van der Waals surface area contributed by atoms with E-state index in [1.807, 2.05) is 6.92 Å². The molecule has 1 heterocycles. The molecule has 0 spiro atoms. The molecule has 1 aromatic carbocycles. The molecule has 0 aliphatic carbocycles. The average Bonchev–Trinajstić information content (AvgIpc) is 2.29. The van der Waals surface area contributed by atoms with Crippen LogP contribution in [0.5, 0.6) is 0 Å². The van der Waals surface area contributed by atoms with Crippen molar-refractivity contribution in [3.05, 3.63) is 25.2 Å². The quantitative estimate of drug-likeness (QED) is 0.653. The van der Waals surface area contributed by atoms with Gasteiger partial charge in [-0.15, -0.1) is 11.3 Å². The third-order valence-corrected chi connectivity index (χ3v) is 4.21. The van der Waals surface area contributed by atoms with Crippen molar-refractivity contribution in [1.29, 1.82) is 0 Å². The molecule has 0 N–H and O–H groups in total. The smallest absolute Gasteiger partial charge is 0.0908 e. The van der Waals surface area contributed by atoms with Crippen molar-refractivity contribution < 1.29 is 0 Å². The van der Waals surface area contributed by atoms with Gasteiger partial charge < -0.3 is 0 Å². The maximum Gasteiger partial charge on any atom is 0.0908 e. The molecule has 0 saturated carbocycles. The zero-order valence-electron chi connectivity index (χ0n) is 6.27. The Hall–Kier alpha value is 0.320. The molecule has 0 aliphatic rings. The first kappa shape index (κ1) is 8.90. The average molecular weight is 354 g/mol. The number of fused-ring (bicyclic) bond motifs is 1. The minimum absolute atomic E-state index is 1.09. The topological polar surface area (TPSA) is 12.9 Å². The summed E-state index contributed by atoms with van der Waals surface area (Å²) < 4.78 is 3.66. The molecule has 2 rings (SSSR count). The van der Waals surface area contributed by atoms with Crippen LogP contribution in [0.2, 0.25) is 0 Å². The second kappa shape index (κ2) is 3.23. The fraction of sp³-hybridized carbons (Fsp3) is 0.125. The van der Waals surface area contributed by atoms with Crippen molar-refractivity contribution in [2.24, 2.45) is 0 Å². The summed E-state index contributed by atoms with van der Waals surface area (Å²) in [6.07, 6.45) is 0. The standard InChI is InChI=1S/C8H5BrINS/c1-4-11-7-3-5(9)2-6(10)8(7)12-4/h2-3H,1H3. The highest BCUT2D eigenvalue weighted by atomic mass is 127. The van der Waals surface area contributed by atoms with Gasteiger partial charge in [0.05, 0.1) is 15.2 Å². The Morgan fingerprint density at radius 1 is 1.50 bits per heavy atom. The highest BCUT2D eigenvalue weighted by Gasteiger charge is 2.04. The largest absolute Gasteiger partial charge is 0.241 e. The zero-order chi connectivity index (χ0) is 8.72. The van der Waals surface area contributed by atoms with E-state index in [9.17, 15) is 0 Å². The van der Waals surface area contributed by atoms with E-state index in [4.69, 9.17) is 0 Å². The van der Waals surface area contributed by atoms with Crippen LogP contribution in [-0.4, -0.2) is 4.98 Å². The first-order valence-corrected chi connectivity index (χ1v) is 6.08. The summed E-state index contributed by atoms with van der Waals surface area (Å²) in [6, 6.07) is 4.17. The van der Waals surface area contributed by atoms with Gasteiger partial charge in [0.1, 0.15) is 0 Å². The number of nitrogens with zero attached hydrogens (tertiary/aromatic N) is 1. The van der Waals surface area contributed by atoms with Gasteiger partial charge in [-0.2, -0.15) is 0 Å². The number of rotatable bonds is 0. The Morgan fingerprint density at radius 2 is 2.25 bits per heavy atom. The fourth-order valence-electron chi connectivity index (χ4n) is 1.07. The minimum Gasteiger partial charge on any atom is -0.241 e. The number of hydrogen-bond acceptors (Lipinski definition) is 2. The predicted octanol–water partition coefficient (Wildman–Crippen LogP) is 3.97. The van der Waals surface area contributed by atoms with E-state index >= 15 is 0 Å². The number of aryl methyl sites for hydroxylation is 1. The van der Waals surface area contributed by atoms with Crippen molar-refractivity contribution in [3.63, 3.8) is 0 Å². The van der Waals surface area contributed by atoms with Crippen molar-refractivity contribution in [2.45, 2.75) is 6.92 Å². The lowest BCUT2D eigenvalue weighted by Gasteiger charge is -1.93. The van der Waals surface area contributed by atoms with Gasteiger partial charge >= 0.3 is 0 Å². The molecule has 1 nitrogen and oxygen atoms in total. The second-order valence-electron chi connectivity index (χ2n) is 2.47. The normalized spacial score (nSPS) is 10.9. The molecule has 62 valence electrons. The van der Waals surface area contributed by atoms with Crippen LogP contribution in [0.15, 0.2) is 16.6 Å². The molecule has 0 atom stereocenters. The Bertz CT molecular complexity index is 438. The molecule has 12 heavy (non-hydrogen) atoms. The van der Waals surface area contributed by atoms with Gasteiger partial charge in [-0.25, -0.2) is 4.98 Å². The Morgan fingerprint density at radius 3 is 3.00 bits per heavy atom. The molecular formula is C8H5BrINS. The van der Waals surface area contributed by atoms with E-state index in [0.717, 1.165) is 15.0 Å². The molecule has 0 amide bonds. The molecule has 0 fully saturated rings.